The largest absolute Gasteiger partial charge is 0.372 e. The zero-order chi connectivity index (χ0) is 15.7. The number of anilines is 1. The van der Waals surface area contributed by atoms with Gasteiger partial charge in [-0.25, -0.2) is 0 Å². The van der Waals surface area contributed by atoms with E-state index < -0.39 is 0 Å². The number of benzene rings is 1. The van der Waals surface area contributed by atoms with E-state index in [0.717, 1.165) is 26.2 Å². The molecule has 1 unspecified atom stereocenters. The molecule has 1 aromatic carbocycles. The average Bonchev–Trinajstić information content (AvgIpc) is 2.51. The zero-order valence-electron chi connectivity index (χ0n) is 14.3. The molecule has 0 saturated carbocycles. The highest BCUT2D eigenvalue weighted by atomic mass is 15.2. The predicted octanol–water partition coefficient (Wildman–Crippen LogP) is 3.65. The van der Waals surface area contributed by atoms with Crippen molar-refractivity contribution < 1.29 is 0 Å². The Morgan fingerprint density at radius 3 is 1.81 bits per heavy atom. The van der Waals surface area contributed by atoms with Crippen LogP contribution in [0.5, 0.6) is 0 Å². The maximum atomic E-state index is 6.06. The predicted molar refractivity (Wildman–Crippen MR) is 94.0 cm³/mol. The number of nitrogens with zero attached hydrogens (tertiary/aromatic N) is 2. The van der Waals surface area contributed by atoms with Crippen molar-refractivity contribution in [3.05, 3.63) is 29.8 Å². The fraction of sp³-hybridized carbons (Fsp3) is 0.667. The van der Waals surface area contributed by atoms with Crippen LogP contribution in [0.25, 0.3) is 0 Å². The average molecular weight is 291 g/mol. The van der Waals surface area contributed by atoms with Crippen molar-refractivity contribution in [1.82, 2.24) is 4.90 Å². The van der Waals surface area contributed by atoms with E-state index in [0.29, 0.717) is 12.6 Å². The maximum absolute atomic E-state index is 6.06. The van der Waals surface area contributed by atoms with Gasteiger partial charge >= 0.3 is 0 Å². The summed E-state index contributed by atoms with van der Waals surface area (Å²) < 4.78 is 0. The van der Waals surface area contributed by atoms with Crippen LogP contribution in [0.3, 0.4) is 0 Å². The Balaban J connectivity index is 2.89. The van der Waals surface area contributed by atoms with Gasteiger partial charge in [0.25, 0.3) is 0 Å². The maximum Gasteiger partial charge on any atom is 0.0470 e. The van der Waals surface area contributed by atoms with E-state index in [1.54, 1.807) is 0 Å². The Kier molecular flexibility index (Phi) is 8.40. The van der Waals surface area contributed by atoms with Gasteiger partial charge < -0.3 is 10.6 Å². The quantitative estimate of drug-likeness (QED) is 0.714. The van der Waals surface area contributed by atoms with E-state index in [1.807, 2.05) is 0 Å². The van der Waals surface area contributed by atoms with E-state index in [1.165, 1.54) is 24.1 Å². The van der Waals surface area contributed by atoms with Crippen molar-refractivity contribution in [2.75, 3.05) is 37.6 Å². The highest BCUT2D eigenvalue weighted by Crippen LogP contribution is 2.23. The molecule has 120 valence electrons. The normalized spacial score (nSPS) is 12.7. The van der Waals surface area contributed by atoms with Gasteiger partial charge in [0.05, 0.1) is 0 Å². The monoisotopic (exact) mass is 291 g/mol. The fourth-order valence-electron chi connectivity index (χ4n) is 2.99. The number of nitrogens with two attached hydrogens (primary N) is 1. The lowest BCUT2D eigenvalue weighted by Crippen LogP contribution is -2.35. The minimum Gasteiger partial charge on any atom is -0.372 e. The second-order valence-corrected chi connectivity index (χ2v) is 5.55. The summed E-state index contributed by atoms with van der Waals surface area (Å²) in [6.45, 7) is 13.9. The van der Waals surface area contributed by atoms with E-state index >= 15 is 0 Å². The molecule has 0 radical (unpaired) electrons. The summed E-state index contributed by atoms with van der Waals surface area (Å²) in [7, 11) is 0. The van der Waals surface area contributed by atoms with E-state index in [9.17, 15) is 0 Å². The third-order valence-electron chi connectivity index (χ3n) is 4.09. The SMILES string of the molecule is CCCN(CCC)C(CN)c1ccc(N(CC)CC)cc1. The Morgan fingerprint density at radius 1 is 0.905 bits per heavy atom. The van der Waals surface area contributed by atoms with Crippen molar-refractivity contribution in [3.8, 4) is 0 Å². The Morgan fingerprint density at radius 2 is 1.43 bits per heavy atom. The first kappa shape index (κ1) is 18.0. The van der Waals surface area contributed by atoms with Crippen molar-refractivity contribution in [2.45, 2.75) is 46.6 Å². The second-order valence-electron chi connectivity index (χ2n) is 5.55. The van der Waals surface area contributed by atoms with E-state index in [-0.39, 0.29) is 0 Å². The third-order valence-corrected chi connectivity index (χ3v) is 4.09. The van der Waals surface area contributed by atoms with Gasteiger partial charge in [-0.15, -0.1) is 0 Å². The molecule has 0 spiro atoms. The molecule has 0 aromatic heterocycles. The summed E-state index contributed by atoms with van der Waals surface area (Å²) in [4.78, 5) is 4.89. The molecule has 3 heteroatoms. The molecule has 0 fully saturated rings. The van der Waals surface area contributed by atoms with Gasteiger partial charge in [-0.1, -0.05) is 26.0 Å². The Hall–Kier alpha value is -1.06. The lowest BCUT2D eigenvalue weighted by molar-refractivity contribution is 0.202. The lowest BCUT2D eigenvalue weighted by atomic mass is 10.0. The molecule has 0 saturated heterocycles. The van der Waals surface area contributed by atoms with Crippen LogP contribution in [0.2, 0.25) is 0 Å². The van der Waals surface area contributed by atoms with Crippen LogP contribution < -0.4 is 10.6 Å². The van der Waals surface area contributed by atoms with Crippen LogP contribution >= 0.6 is 0 Å². The molecule has 0 amide bonds. The number of hydrogen-bond acceptors (Lipinski definition) is 3. The van der Waals surface area contributed by atoms with Gasteiger partial charge in [-0.2, -0.15) is 0 Å². The standard InChI is InChI=1S/C18H33N3/c1-5-13-21(14-6-2)18(15-19)16-9-11-17(12-10-16)20(7-3)8-4/h9-12,18H,5-8,13-15,19H2,1-4H3. The summed E-state index contributed by atoms with van der Waals surface area (Å²) in [5.41, 5.74) is 8.71. The molecule has 1 aromatic rings. The van der Waals surface area contributed by atoms with Gasteiger partial charge in [0.1, 0.15) is 0 Å². The van der Waals surface area contributed by atoms with Crippen LogP contribution in [-0.2, 0) is 0 Å². The van der Waals surface area contributed by atoms with Crippen LogP contribution in [0.1, 0.15) is 52.1 Å². The van der Waals surface area contributed by atoms with E-state index in [2.05, 4.69) is 61.8 Å². The van der Waals surface area contributed by atoms with Crippen molar-refractivity contribution >= 4 is 5.69 Å². The third kappa shape index (κ3) is 5.01. The highest BCUT2D eigenvalue weighted by molar-refractivity contribution is 5.47. The first-order valence-electron chi connectivity index (χ1n) is 8.50. The topological polar surface area (TPSA) is 32.5 Å². The zero-order valence-corrected chi connectivity index (χ0v) is 14.3. The minimum absolute atomic E-state index is 0.343. The number of hydrogen-bond donors (Lipinski definition) is 1. The van der Waals surface area contributed by atoms with Crippen molar-refractivity contribution in [2.24, 2.45) is 5.73 Å². The van der Waals surface area contributed by atoms with Crippen LogP contribution in [0.4, 0.5) is 5.69 Å². The molecule has 0 aliphatic rings. The Labute approximate surface area is 131 Å². The lowest BCUT2D eigenvalue weighted by Gasteiger charge is -2.31. The summed E-state index contributed by atoms with van der Waals surface area (Å²) in [6, 6.07) is 9.32. The summed E-state index contributed by atoms with van der Waals surface area (Å²) in [6.07, 6.45) is 2.35. The van der Waals surface area contributed by atoms with Crippen LogP contribution in [0, 0.1) is 0 Å². The summed E-state index contributed by atoms with van der Waals surface area (Å²) in [5.74, 6) is 0. The smallest absolute Gasteiger partial charge is 0.0470 e. The molecule has 0 bridgehead atoms. The van der Waals surface area contributed by atoms with Gasteiger partial charge in [-0.3, -0.25) is 4.90 Å². The van der Waals surface area contributed by atoms with Gasteiger partial charge in [0.2, 0.25) is 0 Å². The molecular formula is C18H33N3. The first-order valence-corrected chi connectivity index (χ1v) is 8.50. The molecule has 0 aliphatic heterocycles. The summed E-state index contributed by atoms with van der Waals surface area (Å²) >= 11 is 0. The molecule has 3 nitrogen and oxygen atoms in total. The van der Waals surface area contributed by atoms with Crippen LogP contribution in [0.15, 0.2) is 24.3 Å². The summed E-state index contributed by atoms with van der Waals surface area (Å²) in [5, 5.41) is 0. The molecule has 2 N–H and O–H groups in total. The van der Waals surface area contributed by atoms with Gasteiger partial charge in [0.15, 0.2) is 0 Å². The fourth-order valence-corrected chi connectivity index (χ4v) is 2.99. The minimum atomic E-state index is 0.343. The molecule has 0 aliphatic carbocycles. The second kappa shape index (κ2) is 9.80. The van der Waals surface area contributed by atoms with Gasteiger partial charge in [-0.05, 0) is 57.5 Å². The molecule has 1 atom stereocenters. The molecule has 1 rings (SSSR count). The Bertz CT molecular complexity index is 365. The molecular weight excluding hydrogens is 258 g/mol. The van der Waals surface area contributed by atoms with Crippen molar-refractivity contribution in [1.29, 1.82) is 0 Å². The van der Waals surface area contributed by atoms with Gasteiger partial charge in [0, 0.05) is 31.4 Å². The number of rotatable bonds is 10. The highest BCUT2D eigenvalue weighted by Gasteiger charge is 2.17. The van der Waals surface area contributed by atoms with Crippen molar-refractivity contribution in [3.63, 3.8) is 0 Å². The first-order chi connectivity index (χ1) is 10.2. The molecule has 0 heterocycles. The van der Waals surface area contributed by atoms with E-state index in [4.69, 9.17) is 5.73 Å². The molecule has 21 heavy (non-hydrogen) atoms. The van der Waals surface area contributed by atoms with Crippen LogP contribution in [-0.4, -0.2) is 37.6 Å².